The quantitative estimate of drug-likeness (QED) is 0.704. The van der Waals surface area contributed by atoms with Crippen molar-refractivity contribution in [2.75, 3.05) is 39.8 Å². The van der Waals surface area contributed by atoms with Crippen LogP contribution in [0, 0.1) is 5.82 Å². The van der Waals surface area contributed by atoms with E-state index in [9.17, 15) is 17.6 Å². The molecule has 0 aliphatic carbocycles. The van der Waals surface area contributed by atoms with Gasteiger partial charge in [-0.05, 0) is 36.4 Å². The molecule has 1 fully saturated rings. The fraction of sp³-hybridized carbons (Fsp3) is 0.316. The Kier molecular flexibility index (Phi) is 5.88. The Labute approximate surface area is 158 Å². The van der Waals surface area contributed by atoms with Gasteiger partial charge >= 0.3 is 0 Å². The average molecular weight is 392 g/mol. The minimum Gasteiger partial charge on any atom is -0.497 e. The van der Waals surface area contributed by atoms with Gasteiger partial charge in [0.2, 0.25) is 10.0 Å². The molecule has 0 atom stereocenters. The van der Waals surface area contributed by atoms with Crippen LogP contribution in [-0.4, -0.2) is 63.2 Å². The number of sulfonamides is 1. The molecule has 1 saturated heterocycles. The highest BCUT2D eigenvalue weighted by molar-refractivity contribution is 7.89. The Bertz CT molecular complexity index is 908. The monoisotopic (exact) mass is 392 g/mol. The molecule has 0 radical (unpaired) electrons. The van der Waals surface area contributed by atoms with Crippen LogP contribution in [0.25, 0.3) is 0 Å². The molecule has 1 aliphatic heterocycles. The van der Waals surface area contributed by atoms with Gasteiger partial charge in [-0.2, -0.15) is 4.31 Å². The Morgan fingerprint density at radius 1 is 1.07 bits per heavy atom. The van der Waals surface area contributed by atoms with Crippen LogP contribution >= 0.6 is 0 Å². The van der Waals surface area contributed by atoms with Crippen molar-refractivity contribution in [2.24, 2.45) is 0 Å². The van der Waals surface area contributed by atoms with Crippen LogP contribution in [-0.2, 0) is 10.0 Å². The number of methoxy groups -OCH3 is 1. The zero-order chi connectivity index (χ0) is 19.4. The first-order chi connectivity index (χ1) is 12.9. The van der Waals surface area contributed by atoms with E-state index in [4.69, 9.17) is 4.74 Å². The lowest BCUT2D eigenvalue weighted by Crippen LogP contribution is -2.49. The lowest BCUT2D eigenvalue weighted by molar-refractivity contribution is 0.0901. The minimum absolute atomic E-state index is 0.0382. The van der Waals surface area contributed by atoms with Gasteiger partial charge in [-0.15, -0.1) is 0 Å². The van der Waals surface area contributed by atoms with Crippen molar-refractivity contribution < 1.29 is 22.3 Å². The highest BCUT2D eigenvalue weighted by Crippen LogP contribution is 2.19. The predicted octanol–water partition coefficient (Wildman–Crippen LogP) is 2.02. The van der Waals surface area contributed by atoms with Crippen LogP contribution in [0.2, 0.25) is 0 Å². The summed E-state index contributed by atoms with van der Waals surface area (Å²) in [5.74, 6) is 0.106. The average Bonchev–Trinajstić information content (AvgIpc) is 2.69. The zero-order valence-electron chi connectivity index (χ0n) is 15.0. The first-order valence-corrected chi connectivity index (χ1v) is 9.99. The molecule has 8 heteroatoms. The molecule has 1 heterocycles. The first-order valence-electron chi connectivity index (χ1n) is 8.55. The Hall–Kier alpha value is -2.29. The zero-order valence-corrected chi connectivity index (χ0v) is 15.8. The van der Waals surface area contributed by atoms with Crippen LogP contribution in [0.3, 0.4) is 0 Å². The third kappa shape index (κ3) is 4.52. The number of benzene rings is 2. The van der Waals surface area contributed by atoms with E-state index in [1.165, 1.54) is 16.4 Å². The van der Waals surface area contributed by atoms with Gasteiger partial charge < -0.3 is 4.74 Å². The fourth-order valence-corrected chi connectivity index (χ4v) is 4.40. The number of carbonyl (C=O) groups is 1. The number of rotatable bonds is 6. The molecule has 0 amide bonds. The number of piperazine rings is 1. The second-order valence-electron chi connectivity index (χ2n) is 6.29. The smallest absolute Gasteiger partial charge is 0.243 e. The van der Waals surface area contributed by atoms with Gasteiger partial charge in [0.25, 0.3) is 0 Å². The largest absolute Gasteiger partial charge is 0.497 e. The summed E-state index contributed by atoms with van der Waals surface area (Å²) in [5.41, 5.74) is 0.565. The fourth-order valence-electron chi connectivity index (χ4n) is 2.97. The number of Topliss-reactive ketones (excluding diaryl/α,β-unsaturated/α-hetero) is 1. The third-order valence-electron chi connectivity index (χ3n) is 4.54. The summed E-state index contributed by atoms with van der Waals surface area (Å²) in [5, 5.41) is 0. The van der Waals surface area contributed by atoms with Crippen molar-refractivity contribution in [3.63, 3.8) is 0 Å². The topological polar surface area (TPSA) is 66.9 Å². The van der Waals surface area contributed by atoms with Crippen LogP contribution in [0.1, 0.15) is 10.4 Å². The summed E-state index contributed by atoms with van der Waals surface area (Å²) in [7, 11) is -2.11. The van der Waals surface area contributed by atoms with E-state index in [-0.39, 0.29) is 30.3 Å². The molecule has 2 aromatic rings. The maximum atomic E-state index is 13.0. The van der Waals surface area contributed by atoms with Crippen LogP contribution in [0.4, 0.5) is 4.39 Å². The van der Waals surface area contributed by atoms with Crippen molar-refractivity contribution in [3.05, 3.63) is 59.9 Å². The molecule has 3 rings (SSSR count). The molecule has 2 aromatic carbocycles. The van der Waals surface area contributed by atoms with Gasteiger partial charge in [-0.1, -0.05) is 12.1 Å². The maximum Gasteiger partial charge on any atom is 0.243 e. The SMILES string of the molecule is COc1cccc(C(=O)CN2CCN(S(=O)(=O)c3ccc(F)cc3)CC2)c1. The normalized spacial score (nSPS) is 16.2. The van der Waals surface area contributed by atoms with E-state index < -0.39 is 15.8 Å². The van der Waals surface area contributed by atoms with E-state index in [0.29, 0.717) is 24.4 Å². The summed E-state index contributed by atoms with van der Waals surface area (Å²) in [6, 6.07) is 11.8. The number of nitrogens with zero attached hydrogens (tertiary/aromatic N) is 2. The summed E-state index contributed by atoms with van der Waals surface area (Å²) < 4.78 is 44.8. The second kappa shape index (κ2) is 8.16. The second-order valence-corrected chi connectivity index (χ2v) is 8.23. The molecule has 0 unspecified atom stereocenters. The number of carbonyl (C=O) groups excluding carboxylic acids is 1. The van der Waals surface area contributed by atoms with E-state index in [1.807, 2.05) is 4.90 Å². The van der Waals surface area contributed by atoms with Gasteiger partial charge in [0.05, 0.1) is 18.6 Å². The number of halogens is 1. The Morgan fingerprint density at radius 3 is 2.37 bits per heavy atom. The minimum atomic E-state index is -3.65. The van der Waals surface area contributed by atoms with Crippen LogP contribution in [0.5, 0.6) is 5.75 Å². The summed E-state index contributed by atoms with van der Waals surface area (Å²) in [6.45, 7) is 1.69. The highest BCUT2D eigenvalue weighted by atomic mass is 32.2. The van der Waals surface area contributed by atoms with Crippen molar-refractivity contribution >= 4 is 15.8 Å². The molecule has 144 valence electrons. The van der Waals surface area contributed by atoms with E-state index in [0.717, 1.165) is 12.1 Å². The van der Waals surface area contributed by atoms with Gasteiger partial charge in [0, 0.05) is 31.7 Å². The van der Waals surface area contributed by atoms with Gasteiger partial charge in [-0.25, -0.2) is 12.8 Å². The molecule has 6 nitrogen and oxygen atoms in total. The van der Waals surface area contributed by atoms with Crippen molar-refractivity contribution in [1.29, 1.82) is 0 Å². The van der Waals surface area contributed by atoms with E-state index in [1.54, 1.807) is 31.4 Å². The molecule has 0 bridgehead atoms. The molecule has 0 N–H and O–H groups in total. The van der Waals surface area contributed by atoms with Crippen molar-refractivity contribution in [3.8, 4) is 5.75 Å². The van der Waals surface area contributed by atoms with Gasteiger partial charge in [-0.3, -0.25) is 9.69 Å². The van der Waals surface area contributed by atoms with Crippen molar-refractivity contribution in [2.45, 2.75) is 4.90 Å². The van der Waals surface area contributed by atoms with Crippen LogP contribution in [0.15, 0.2) is 53.4 Å². The first kappa shape index (κ1) is 19.5. The van der Waals surface area contributed by atoms with Crippen molar-refractivity contribution in [1.82, 2.24) is 9.21 Å². The van der Waals surface area contributed by atoms with Gasteiger partial charge in [0.15, 0.2) is 5.78 Å². The number of ether oxygens (including phenoxy) is 1. The maximum absolute atomic E-state index is 13.0. The number of ketones is 1. The lowest BCUT2D eigenvalue weighted by atomic mass is 10.1. The Balaban J connectivity index is 1.60. The third-order valence-corrected chi connectivity index (χ3v) is 6.45. The summed E-state index contributed by atoms with van der Waals surface area (Å²) in [4.78, 5) is 14.5. The molecule has 0 saturated carbocycles. The summed E-state index contributed by atoms with van der Waals surface area (Å²) in [6.07, 6.45) is 0. The molecule has 27 heavy (non-hydrogen) atoms. The molecular weight excluding hydrogens is 371 g/mol. The molecule has 0 spiro atoms. The number of hydrogen-bond donors (Lipinski definition) is 0. The van der Waals surface area contributed by atoms with E-state index in [2.05, 4.69) is 0 Å². The predicted molar refractivity (Wildman–Crippen MR) is 98.9 cm³/mol. The van der Waals surface area contributed by atoms with E-state index >= 15 is 0 Å². The van der Waals surface area contributed by atoms with Crippen LogP contribution < -0.4 is 4.74 Å². The highest BCUT2D eigenvalue weighted by Gasteiger charge is 2.29. The molecule has 1 aliphatic rings. The summed E-state index contributed by atoms with van der Waals surface area (Å²) >= 11 is 0. The van der Waals surface area contributed by atoms with Gasteiger partial charge in [0.1, 0.15) is 11.6 Å². The molecular formula is C19H21FN2O4S. The molecule has 0 aromatic heterocycles. The number of hydrogen-bond acceptors (Lipinski definition) is 5. The standard InChI is InChI=1S/C19H21FN2O4S/c1-26-17-4-2-3-15(13-17)19(23)14-21-9-11-22(12-10-21)27(24,25)18-7-5-16(20)6-8-18/h2-8,13H,9-12,14H2,1H3. The lowest BCUT2D eigenvalue weighted by Gasteiger charge is -2.33. The Morgan fingerprint density at radius 2 is 1.74 bits per heavy atom.